The van der Waals surface area contributed by atoms with Crippen LogP contribution in [0.1, 0.15) is 13.3 Å². The monoisotopic (exact) mass is 268 g/mol. The minimum absolute atomic E-state index is 0.487. The molecule has 0 saturated carbocycles. The SMILES string of the molecule is CCCOc1nc(Sc2nncs2)ccc1N. The van der Waals surface area contributed by atoms with E-state index in [1.165, 1.54) is 23.1 Å². The zero-order valence-electron chi connectivity index (χ0n) is 9.29. The molecule has 0 saturated heterocycles. The van der Waals surface area contributed by atoms with Gasteiger partial charge in [-0.25, -0.2) is 4.98 Å². The van der Waals surface area contributed by atoms with Crippen molar-refractivity contribution in [3.63, 3.8) is 0 Å². The molecule has 0 aliphatic rings. The zero-order chi connectivity index (χ0) is 12.1. The van der Waals surface area contributed by atoms with E-state index in [4.69, 9.17) is 10.5 Å². The lowest BCUT2D eigenvalue weighted by Crippen LogP contribution is -2.01. The second-order valence-corrected chi connectivity index (χ2v) is 5.30. The molecule has 90 valence electrons. The Hall–Kier alpha value is -1.34. The third-order valence-corrected chi connectivity index (χ3v) is 3.55. The molecule has 0 fully saturated rings. The maximum atomic E-state index is 5.78. The maximum Gasteiger partial charge on any atom is 0.238 e. The lowest BCUT2D eigenvalue weighted by Gasteiger charge is -2.07. The summed E-state index contributed by atoms with van der Waals surface area (Å²) in [6.45, 7) is 2.65. The van der Waals surface area contributed by atoms with Gasteiger partial charge in [-0.3, -0.25) is 0 Å². The summed E-state index contributed by atoms with van der Waals surface area (Å²) in [4.78, 5) is 4.34. The highest BCUT2D eigenvalue weighted by molar-refractivity contribution is 8.00. The van der Waals surface area contributed by atoms with Crippen molar-refractivity contribution in [2.45, 2.75) is 22.7 Å². The van der Waals surface area contributed by atoms with Gasteiger partial charge in [-0.05, 0) is 30.3 Å². The number of ether oxygens (including phenoxy) is 1. The summed E-state index contributed by atoms with van der Waals surface area (Å²) in [7, 11) is 0. The smallest absolute Gasteiger partial charge is 0.238 e. The summed E-state index contributed by atoms with van der Waals surface area (Å²) >= 11 is 2.92. The van der Waals surface area contributed by atoms with Crippen molar-refractivity contribution in [3.8, 4) is 5.88 Å². The molecule has 17 heavy (non-hydrogen) atoms. The van der Waals surface area contributed by atoms with Crippen LogP contribution in [0.4, 0.5) is 5.69 Å². The molecule has 0 spiro atoms. The first-order valence-corrected chi connectivity index (χ1v) is 6.82. The van der Waals surface area contributed by atoms with E-state index in [0.29, 0.717) is 18.2 Å². The predicted octanol–water partition coefficient (Wildman–Crippen LogP) is 2.46. The number of hydrogen-bond acceptors (Lipinski definition) is 7. The maximum absolute atomic E-state index is 5.78. The Balaban J connectivity index is 2.13. The van der Waals surface area contributed by atoms with Crippen LogP contribution in [0.3, 0.4) is 0 Å². The van der Waals surface area contributed by atoms with E-state index in [0.717, 1.165) is 15.8 Å². The fourth-order valence-electron chi connectivity index (χ4n) is 1.10. The number of hydrogen-bond donors (Lipinski definition) is 1. The van der Waals surface area contributed by atoms with Gasteiger partial charge >= 0.3 is 0 Å². The van der Waals surface area contributed by atoms with Gasteiger partial charge in [0.1, 0.15) is 10.5 Å². The average Bonchev–Trinajstić information content (AvgIpc) is 2.82. The van der Waals surface area contributed by atoms with Crippen molar-refractivity contribution in [2.75, 3.05) is 12.3 Å². The lowest BCUT2D eigenvalue weighted by atomic mass is 10.4. The number of nitrogens with two attached hydrogens (primary N) is 1. The minimum atomic E-state index is 0.487. The Labute approximate surface area is 107 Å². The molecule has 2 N–H and O–H groups in total. The van der Waals surface area contributed by atoms with Gasteiger partial charge in [-0.1, -0.05) is 18.3 Å². The molecule has 0 amide bonds. The van der Waals surface area contributed by atoms with Gasteiger partial charge in [0.2, 0.25) is 5.88 Å². The third kappa shape index (κ3) is 3.31. The van der Waals surface area contributed by atoms with E-state index in [1.54, 1.807) is 11.6 Å². The highest BCUT2D eigenvalue weighted by atomic mass is 32.2. The summed E-state index contributed by atoms with van der Waals surface area (Å²) in [6.07, 6.45) is 0.925. The van der Waals surface area contributed by atoms with Crippen molar-refractivity contribution in [1.29, 1.82) is 0 Å². The standard InChI is InChI=1S/C10H12N4OS2/c1-2-5-15-9-7(11)3-4-8(13-9)17-10-14-12-6-16-10/h3-4,6H,2,5,11H2,1H3. The normalized spacial score (nSPS) is 10.4. The molecule has 0 aliphatic heterocycles. The van der Waals surface area contributed by atoms with Gasteiger partial charge in [0, 0.05) is 0 Å². The molecule has 2 heterocycles. The Morgan fingerprint density at radius 3 is 3.06 bits per heavy atom. The molecule has 2 aromatic rings. The van der Waals surface area contributed by atoms with Crippen LogP contribution in [0, 0.1) is 0 Å². The van der Waals surface area contributed by atoms with Crippen LogP contribution in [0.15, 0.2) is 27.0 Å². The molecule has 0 atom stereocenters. The Bertz CT molecular complexity index is 475. The first-order valence-electron chi connectivity index (χ1n) is 5.13. The molecule has 0 unspecified atom stereocenters. The van der Waals surface area contributed by atoms with Gasteiger partial charge < -0.3 is 10.5 Å². The molecule has 7 heteroatoms. The summed E-state index contributed by atoms with van der Waals surface area (Å²) in [5.41, 5.74) is 8.03. The van der Waals surface area contributed by atoms with Crippen molar-refractivity contribution in [1.82, 2.24) is 15.2 Å². The number of nitrogens with zero attached hydrogens (tertiary/aromatic N) is 3. The van der Waals surface area contributed by atoms with E-state index in [9.17, 15) is 0 Å². The fraction of sp³-hybridized carbons (Fsp3) is 0.300. The molecule has 0 radical (unpaired) electrons. The van der Waals surface area contributed by atoms with Crippen LogP contribution in [0.2, 0.25) is 0 Å². The van der Waals surface area contributed by atoms with Crippen LogP contribution >= 0.6 is 23.1 Å². The summed E-state index contributed by atoms with van der Waals surface area (Å²) in [5, 5.41) is 8.52. The Morgan fingerprint density at radius 1 is 1.47 bits per heavy atom. The molecular weight excluding hydrogens is 256 g/mol. The number of rotatable bonds is 5. The summed E-state index contributed by atoms with van der Waals surface area (Å²) < 4.78 is 6.31. The van der Waals surface area contributed by atoms with E-state index in [-0.39, 0.29) is 0 Å². The third-order valence-electron chi connectivity index (χ3n) is 1.84. The quantitative estimate of drug-likeness (QED) is 0.898. The summed E-state index contributed by atoms with van der Waals surface area (Å²) in [5.74, 6) is 0.487. The van der Waals surface area contributed by atoms with Crippen molar-refractivity contribution in [2.24, 2.45) is 0 Å². The first kappa shape index (κ1) is 12.1. The predicted molar refractivity (Wildman–Crippen MR) is 68.5 cm³/mol. The lowest BCUT2D eigenvalue weighted by molar-refractivity contribution is 0.305. The Kier molecular flexibility index (Phi) is 4.16. The van der Waals surface area contributed by atoms with Crippen LogP contribution in [0.25, 0.3) is 0 Å². The van der Waals surface area contributed by atoms with Crippen molar-refractivity contribution < 1.29 is 4.74 Å². The van der Waals surface area contributed by atoms with Crippen LogP contribution < -0.4 is 10.5 Å². The molecule has 0 aliphatic carbocycles. The van der Waals surface area contributed by atoms with Gasteiger partial charge in [0.05, 0.1) is 12.3 Å². The second kappa shape index (κ2) is 5.83. The van der Waals surface area contributed by atoms with Crippen LogP contribution in [-0.4, -0.2) is 21.8 Å². The average molecular weight is 268 g/mol. The summed E-state index contributed by atoms with van der Waals surface area (Å²) in [6, 6.07) is 3.64. The molecule has 0 aromatic carbocycles. The second-order valence-electron chi connectivity index (χ2n) is 3.20. The van der Waals surface area contributed by atoms with Gasteiger partial charge in [-0.2, -0.15) is 0 Å². The zero-order valence-corrected chi connectivity index (χ0v) is 10.9. The van der Waals surface area contributed by atoms with E-state index < -0.39 is 0 Å². The van der Waals surface area contributed by atoms with E-state index >= 15 is 0 Å². The van der Waals surface area contributed by atoms with E-state index in [1.807, 2.05) is 13.0 Å². The number of aromatic nitrogens is 3. The largest absolute Gasteiger partial charge is 0.476 e. The first-order chi connectivity index (χ1) is 8.29. The van der Waals surface area contributed by atoms with Gasteiger partial charge in [0.15, 0.2) is 4.34 Å². The Morgan fingerprint density at radius 2 is 2.35 bits per heavy atom. The van der Waals surface area contributed by atoms with Crippen LogP contribution in [0.5, 0.6) is 5.88 Å². The number of nitrogen functional groups attached to an aromatic ring is 1. The van der Waals surface area contributed by atoms with Crippen molar-refractivity contribution in [3.05, 3.63) is 17.6 Å². The number of pyridine rings is 1. The van der Waals surface area contributed by atoms with E-state index in [2.05, 4.69) is 15.2 Å². The minimum Gasteiger partial charge on any atom is -0.476 e. The van der Waals surface area contributed by atoms with Gasteiger partial charge in [-0.15, -0.1) is 10.2 Å². The van der Waals surface area contributed by atoms with Crippen molar-refractivity contribution >= 4 is 28.8 Å². The fourth-order valence-corrected chi connectivity index (χ4v) is 2.49. The molecule has 0 bridgehead atoms. The van der Waals surface area contributed by atoms with Crippen LogP contribution in [-0.2, 0) is 0 Å². The molecule has 2 aromatic heterocycles. The molecule has 5 nitrogen and oxygen atoms in total. The highest BCUT2D eigenvalue weighted by Gasteiger charge is 2.07. The topological polar surface area (TPSA) is 73.9 Å². The highest BCUT2D eigenvalue weighted by Crippen LogP contribution is 2.30. The number of anilines is 1. The molecule has 2 rings (SSSR count). The van der Waals surface area contributed by atoms with Gasteiger partial charge in [0.25, 0.3) is 0 Å². The molecular formula is C10H12N4OS2.